The lowest BCUT2D eigenvalue weighted by Gasteiger charge is -2.10. The van der Waals surface area contributed by atoms with Crippen LogP contribution < -0.4 is 5.32 Å². The molecule has 2 aromatic rings. The third-order valence-corrected chi connectivity index (χ3v) is 2.74. The Labute approximate surface area is 107 Å². The van der Waals surface area contributed by atoms with Gasteiger partial charge in [0.1, 0.15) is 0 Å². The Morgan fingerprint density at radius 1 is 1.06 bits per heavy atom. The summed E-state index contributed by atoms with van der Waals surface area (Å²) in [6, 6.07) is 18.2. The monoisotopic (exact) mass is 237 g/mol. The van der Waals surface area contributed by atoms with E-state index in [-0.39, 0.29) is 5.91 Å². The summed E-state index contributed by atoms with van der Waals surface area (Å²) in [7, 11) is 0. The molecule has 0 aliphatic rings. The Kier molecular flexibility index (Phi) is 3.92. The molecule has 2 nitrogen and oxygen atoms in total. The van der Waals surface area contributed by atoms with E-state index in [1.54, 1.807) is 0 Å². The van der Waals surface area contributed by atoms with Gasteiger partial charge in [-0.15, -0.1) is 0 Å². The third kappa shape index (κ3) is 2.86. The van der Waals surface area contributed by atoms with Crippen molar-refractivity contribution in [3.05, 3.63) is 72.8 Å². The summed E-state index contributed by atoms with van der Waals surface area (Å²) < 4.78 is 0. The van der Waals surface area contributed by atoms with Crippen LogP contribution in [0.5, 0.6) is 0 Å². The molecule has 0 aliphatic carbocycles. The van der Waals surface area contributed by atoms with Crippen molar-refractivity contribution in [2.75, 3.05) is 0 Å². The minimum Gasteiger partial charge on any atom is -0.348 e. The Morgan fingerprint density at radius 2 is 1.72 bits per heavy atom. The van der Waals surface area contributed by atoms with Gasteiger partial charge in [-0.25, -0.2) is 0 Å². The lowest BCUT2D eigenvalue weighted by molar-refractivity contribution is -0.116. The van der Waals surface area contributed by atoms with Gasteiger partial charge >= 0.3 is 0 Å². The largest absolute Gasteiger partial charge is 0.348 e. The molecule has 2 aromatic carbocycles. The maximum Gasteiger partial charge on any atom is 0.243 e. The molecule has 1 N–H and O–H groups in total. The maximum atomic E-state index is 11.2. The van der Waals surface area contributed by atoms with Crippen molar-refractivity contribution in [1.29, 1.82) is 0 Å². The minimum atomic E-state index is -0.155. The number of benzene rings is 2. The molecule has 0 bridgehead atoms. The zero-order valence-corrected chi connectivity index (χ0v) is 10.1. The average molecular weight is 237 g/mol. The van der Waals surface area contributed by atoms with E-state index in [1.807, 2.05) is 36.4 Å². The second-order valence-corrected chi connectivity index (χ2v) is 3.95. The van der Waals surface area contributed by atoms with Crippen LogP contribution in [0.2, 0.25) is 0 Å². The molecule has 0 aliphatic heterocycles. The van der Waals surface area contributed by atoms with Crippen molar-refractivity contribution in [1.82, 2.24) is 5.32 Å². The molecule has 1 amide bonds. The first-order valence-corrected chi connectivity index (χ1v) is 5.85. The van der Waals surface area contributed by atoms with Gasteiger partial charge in [0.2, 0.25) is 5.91 Å². The number of nitrogens with one attached hydrogen (secondary N) is 1. The molecule has 0 heterocycles. The van der Waals surface area contributed by atoms with E-state index in [2.05, 4.69) is 30.1 Å². The zero-order chi connectivity index (χ0) is 12.8. The Morgan fingerprint density at radius 3 is 2.44 bits per heavy atom. The molecule has 0 unspecified atom stereocenters. The van der Waals surface area contributed by atoms with E-state index in [1.165, 1.54) is 6.08 Å². The predicted molar refractivity (Wildman–Crippen MR) is 73.9 cm³/mol. The number of carbonyl (C=O) groups excluding carboxylic acids is 1. The number of carbonyl (C=O) groups is 1. The number of hydrogen-bond acceptors (Lipinski definition) is 1. The van der Waals surface area contributed by atoms with Crippen LogP contribution in [0.4, 0.5) is 0 Å². The molecular formula is C16H15NO. The Balaban J connectivity index is 2.26. The number of rotatable bonds is 4. The molecule has 0 radical (unpaired) electrons. The van der Waals surface area contributed by atoms with Gasteiger partial charge in [0, 0.05) is 6.54 Å². The topological polar surface area (TPSA) is 29.1 Å². The van der Waals surface area contributed by atoms with Gasteiger partial charge in [0.25, 0.3) is 0 Å². The third-order valence-electron chi connectivity index (χ3n) is 2.74. The van der Waals surface area contributed by atoms with Crippen LogP contribution in [0.3, 0.4) is 0 Å². The van der Waals surface area contributed by atoms with Gasteiger partial charge in [-0.05, 0) is 22.8 Å². The molecule has 0 atom stereocenters. The highest BCUT2D eigenvalue weighted by Gasteiger charge is 2.04. The molecule has 0 aromatic heterocycles. The minimum absolute atomic E-state index is 0.155. The highest BCUT2D eigenvalue weighted by molar-refractivity contribution is 5.87. The van der Waals surface area contributed by atoms with Crippen LogP contribution in [-0.4, -0.2) is 5.91 Å². The van der Waals surface area contributed by atoms with Crippen LogP contribution in [0, 0.1) is 0 Å². The molecule has 2 rings (SSSR count). The highest BCUT2D eigenvalue weighted by Crippen LogP contribution is 2.23. The van der Waals surface area contributed by atoms with Crippen molar-refractivity contribution < 1.29 is 4.79 Å². The summed E-state index contributed by atoms with van der Waals surface area (Å²) >= 11 is 0. The highest BCUT2D eigenvalue weighted by atomic mass is 16.1. The van der Waals surface area contributed by atoms with Gasteiger partial charge < -0.3 is 5.32 Å². The fourth-order valence-corrected chi connectivity index (χ4v) is 1.83. The zero-order valence-electron chi connectivity index (χ0n) is 10.1. The second-order valence-electron chi connectivity index (χ2n) is 3.95. The van der Waals surface area contributed by atoms with Gasteiger partial charge in [0.05, 0.1) is 0 Å². The molecule has 2 heteroatoms. The first-order chi connectivity index (χ1) is 8.81. The maximum absolute atomic E-state index is 11.2. The summed E-state index contributed by atoms with van der Waals surface area (Å²) in [6.07, 6.45) is 1.28. The smallest absolute Gasteiger partial charge is 0.243 e. The van der Waals surface area contributed by atoms with Crippen molar-refractivity contribution >= 4 is 5.91 Å². The summed E-state index contributed by atoms with van der Waals surface area (Å²) in [4.78, 5) is 11.2. The molecule has 0 saturated heterocycles. The standard InChI is InChI=1S/C16H15NO/c1-2-16(18)17-12-14-10-6-7-11-15(14)13-8-4-3-5-9-13/h2-11H,1,12H2,(H,17,18). The van der Waals surface area contributed by atoms with Crippen LogP contribution in [0.25, 0.3) is 11.1 Å². The lowest BCUT2D eigenvalue weighted by Crippen LogP contribution is -2.20. The molecule has 18 heavy (non-hydrogen) atoms. The van der Waals surface area contributed by atoms with E-state index in [4.69, 9.17) is 0 Å². The van der Waals surface area contributed by atoms with Crippen LogP contribution in [0.1, 0.15) is 5.56 Å². The summed E-state index contributed by atoms with van der Waals surface area (Å²) in [5.74, 6) is -0.155. The van der Waals surface area contributed by atoms with E-state index in [0.717, 1.165) is 16.7 Å². The van der Waals surface area contributed by atoms with Crippen molar-refractivity contribution in [2.24, 2.45) is 0 Å². The average Bonchev–Trinajstić information content (AvgIpc) is 2.46. The second kappa shape index (κ2) is 5.82. The van der Waals surface area contributed by atoms with Crippen LogP contribution >= 0.6 is 0 Å². The lowest BCUT2D eigenvalue weighted by atomic mass is 10.00. The van der Waals surface area contributed by atoms with E-state index in [9.17, 15) is 4.79 Å². The quantitative estimate of drug-likeness (QED) is 0.813. The van der Waals surface area contributed by atoms with E-state index < -0.39 is 0 Å². The predicted octanol–water partition coefficient (Wildman–Crippen LogP) is 3.16. The van der Waals surface area contributed by atoms with Crippen molar-refractivity contribution in [2.45, 2.75) is 6.54 Å². The van der Waals surface area contributed by atoms with Gasteiger partial charge in [-0.2, -0.15) is 0 Å². The summed E-state index contributed by atoms with van der Waals surface area (Å²) in [5.41, 5.74) is 3.39. The van der Waals surface area contributed by atoms with E-state index >= 15 is 0 Å². The fraction of sp³-hybridized carbons (Fsp3) is 0.0625. The van der Waals surface area contributed by atoms with Crippen LogP contribution in [-0.2, 0) is 11.3 Å². The molecule has 0 saturated carbocycles. The van der Waals surface area contributed by atoms with Crippen molar-refractivity contribution in [3.8, 4) is 11.1 Å². The number of hydrogen-bond donors (Lipinski definition) is 1. The normalized spacial score (nSPS) is 9.78. The Hall–Kier alpha value is -2.35. The van der Waals surface area contributed by atoms with Gasteiger partial charge in [-0.3, -0.25) is 4.79 Å². The molecule has 0 fully saturated rings. The first kappa shape index (κ1) is 12.1. The van der Waals surface area contributed by atoms with E-state index in [0.29, 0.717) is 6.54 Å². The molecule has 0 spiro atoms. The number of amides is 1. The van der Waals surface area contributed by atoms with Crippen molar-refractivity contribution in [3.63, 3.8) is 0 Å². The summed E-state index contributed by atoms with van der Waals surface area (Å²) in [6.45, 7) is 3.95. The molecule has 90 valence electrons. The summed E-state index contributed by atoms with van der Waals surface area (Å²) in [5, 5.41) is 2.80. The molecular weight excluding hydrogens is 222 g/mol. The van der Waals surface area contributed by atoms with Gasteiger partial charge in [0.15, 0.2) is 0 Å². The SMILES string of the molecule is C=CC(=O)NCc1ccccc1-c1ccccc1. The van der Waals surface area contributed by atoms with Crippen LogP contribution in [0.15, 0.2) is 67.3 Å². The Bertz CT molecular complexity index is 546. The first-order valence-electron chi connectivity index (χ1n) is 5.85. The van der Waals surface area contributed by atoms with Gasteiger partial charge in [-0.1, -0.05) is 61.2 Å². The fourth-order valence-electron chi connectivity index (χ4n) is 1.83.